The molecule has 4 heterocycles. The number of aromatic nitrogens is 4. The van der Waals surface area contributed by atoms with Crippen LogP contribution in [0, 0.1) is 5.95 Å². The molecule has 2 saturated heterocycles. The smallest absolute Gasteiger partial charge is 0.253 e. The van der Waals surface area contributed by atoms with Crippen molar-refractivity contribution >= 4 is 5.82 Å². The highest BCUT2D eigenvalue weighted by Crippen LogP contribution is 2.47. The van der Waals surface area contributed by atoms with E-state index < -0.39 is 23.2 Å². The number of alkyl halides is 1. The predicted octanol–water partition coefficient (Wildman–Crippen LogP) is 3.73. The van der Waals surface area contributed by atoms with Gasteiger partial charge in [0.2, 0.25) is 0 Å². The maximum atomic E-state index is 15.8. The van der Waals surface area contributed by atoms with Gasteiger partial charge < -0.3 is 15.3 Å². The third kappa shape index (κ3) is 4.07. The summed E-state index contributed by atoms with van der Waals surface area (Å²) in [6.45, 7) is 4.14. The Bertz CT molecular complexity index is 1430. The van der Waals surface area contributed by atoms with E-state index in [1.165, 1.54) is 25.2 Å². The minimum Gasteiger partial charge on any atom is -0.507 e. The van der Waals surface area contributed by atoms with Crippen molar-refractivity contribution < 1.29 is 13.9 Å². The fourth-order valence-corrected chi connectivity index (χ4v) is 6.10. The molecule has 1 aliphatic carbocycles. The van der Waals surface area contributed by atoms with E-state index in [1.807, 2.05) is 6.92 Å². The Hall–Kier alpha value is -3.40. The zero-order chi connectivity index (χ0) is 26.1. The van der Waals surface area contributed by atoms with Gasteiger partial charge in [-0.3, -0.25) is 9.36 Å². The van der Waals surface area contributed by atoms with Crippen LogP contribution in [0.2, 0.25) is 0 Å². The molecule has 2 bridgehead atoms. The summed E-state index contributed by atoms with van der Waals surface area (Å²) in [6, 6.07) is 7.18. The third-order valence-corrected chi connectivity index (χ3v) is 8.28. The number of fused-ring (bicyclic) bond motifs is 2. The Labute approximate surface area is 213 Å². The fraction of sp³-hybridized carbons (Fsp3) is 0.481. The lowest BCUT2D eigenvalue weighted by molar-refractivity contribution is 0.0831. The number of rotatable bonds is 5. The molecule has 2 aliphatic heterocycles. The van der Waals surface area contributed by atoms with E-state index in [9.17, 15) is 14.3 Å². The summed E-state index contributed by atoms with van der Waals surface area (Å²) < 4.78 is 30.7. The van der Waals surface area contributed by atoms with E-state index >= 15 is 4.39 Å². The molecule has 6 rings (SSSR count). The Morgan fingerprint density at radius 3 is 2.57 bits per heavy atom. The largest absolute Gasteiger partial charge is 0.507 e. The molecule has 0 unspecified atom stereocenters. The van der Waals surface area contributed by atoms with Gasteiger partial charge in [0, 0.05) is 30.2 Å². The highest BCUT2D eigenvalue weighted by molar-refractivity contribution is 5.72. The summed E-state index contributed by atoms with van der Waals surface area (Å²) in [5.74, 6) is -0.0274. The lowest BCUT2D eigenvalue weighted by atomic mass is 9.82. The van der Waals surface area contributed by atoms with Gasteiger partial charge in [0.15, 0.2) is 17.6 Å². The number of hydrogen-bond acceptors (Lipinski definition) is 7. The predicted molar refractivity (Wildman–Crippen MR) is 136 cm³/mol. The van der Waals surface area contributed by atoms with Gasteiger partial charge in [-0.2, -0.15) is 4.39 Å². The monoisotopic (exact) mass is 508 g/mol. The van der Waals surface area contributed by atoms with Crippen molar-refractivity contribution in [1.82, 2.24) is 25.1 Å². The Morgan fingerprint density at radius 2 is 1.92 bits per heavy atom. The van der Waals surface area contributed by atoms with Gasteiger partial charge in [-0.15, -0.1) is 10.2 Å². The van der Waals surface area contributed by atoms with Crippen molar-refractivity contribution in [2.24, 2.45) is 7.05 Å². The number of phenols is 1. The van der Waals surface area contributed by atoms with E-state index in [0.717, 1.165) is 30.3 Å². The summed E-state index contributed by atoms with van der Waals surface area (Å²) in [5.41, 5.74) is 0.0610. The van der Waals surface area contributed by atoms with Crippen LogP contribution in [0.15, 0.2) is 41.3 Å². The van der Waals surface area contributed by atoms with Crippen molar-refractivity contribution in [2.75, 3.05) is 4.90 Å². The molecule has 10 heteroatoms. The highest BCUT2D eigenvalue weighted by Gasteiger charge is 2.58. The second kappa shape index (κ2) is 8.31. The minimum absolute atomic E-state index is 0.102. The molecule has 37 heavy (non-hydrogen) atoms. The minimum atomic E-state index is -1.04. The lowest BCUT2D eigenvalue weighted by Crippen LogP contribution is -2.66. The zero-order valence-corrected chi connectivity index (χ0v) is 21.1. The number of phenolic OH excluding ortho intramolecular Hbond substituents is 1. The molecule has 194 valence electrons. The number of nitrogens with zero attached hydrogens (tertiary/aromatic N) is 5. The van der Waals surface area contributed by atoms with E-state index in [1.54, 1.807) is 18.3 Å². The van der Waals surface area contributed by atoms with E-state index in [0.29, 0.717) is 28.9 Å². The first-order valence-corrected chi connectivity index (χ1v) is 12.7. The van der Waals surface area contributed by atoms with Gasteiger partial charge in [0.25, 0.3) is 5.56 Å². The molecule has 3 aromatic rings. The van der Waals surface area contributed by atoms with Gasteiger partial charge in [-0.05, 0) is 75.3 Å². The maximum absolute atomic E-state index is 15.8. The number of hydrogen-bond donors (Lipinski definition) is 2. The highest BCUT2D eigenvalue weighted by atomic mass is 19.1. The van der Waals surface area contributed by atoms with E-state index in [4.69, 9.17) is 0 Å². The van der Waals surface area contributed by atoms with Crippen LogP contribution < -0.4 is 15.8 Å². The van der Waals surface area contributed by atoms with Crippen molar-refractivity contribution in [3.05, 3.63) is 52.8 Å². The Morgan fingerprint density at radius 1 is 1.14 bits per heavy atom. The molecular formula is C27H30F2N6O2. The first-order valence-electron chi connectivity index (χ1n) is 12.7. The molecule has 2 aromatic heterocycles. The van der Waals surface area contributed by atoms with Crippen LogP contribution in [-0.4, -0.2) is 54.2 Å². The summed E-state index contributed by atoms with van der Waals surface area (Å²) in [5, 5.41) is 22.9. The molecule has 0 spiro atoms. The number of pyridine rings is 1. The van der Waals surface area contributed by atoms with Crippen LogP contribution in [0.5, 0.6) is 5.75 Å². The van der Waals surface area contributed by atoms with Gasteiger partial charge in [0.1, 0.15) is 11.9 Å². The normalized spacial score (nSPS) is 28.9. The molecular weight excluding hydrogens is 478 g/mol. The molecule has 8 nitrogen and oxygen atoms in total. The third-order valence-electron chi connectivity index (χ3n) is 8.28. The van der Waals surface area contributed by atoms with Crippen LogP contribution >= 0.6 is 0 Å². The van der Waals surface area contributed by atoms with Crippen molar-refractivity contribution in [2.45, 2.75) is 75.3 Å². The first-order chi connectivity index (χ1) is 17.6. The molecule has 0 amide bonds. The quantitative estimate of drug-likeness (QED) is 0.507. The SMILES string of the molecule is Cn1c(F)cc(-c2ccc(-c3ncc(N(C4CC4)[C@@H]4C[C@@]5(C)CC[C@](C)(N5)[C@@H]4F)nn3)c(O)c2)cc1=O. The first kappa shape index (κ1) is 24.0. The van der Waals surface area contributed by atoms with Gasteiger partial charge in [-0.25, -0.2) is 9.37 Å². The van der Waals surface area contributed by atoms with Crippen LogP contribution in [-0.2, 0) is 7.05 Å². The number of nitrogens with one attached hydrogen (secondary N) is 1. The number of anilines is 1. The average molecular weight is 509 g/mol. The zero-order valence-electron chi connectivity index (χ0n) is 21.1. The molecule has 2 N–H and O–H groups in total. The van der Waals surface area contributed by atoms with Gasteiger partial charge in [-0.1, -0.05) is 6.07 Å². The van der Waals surface area contributed by atoms with E-state index in [2.05, 4.69) is 32.3 Å². The van der Waals surface area contributed by atoms with Crippen molar-refractivity contribution in [1.29, 1.82) is 0 Å². The van der Waals surface area contributed by atoms with Crippen molar-refractivity contribution in [3.8, 4) is 28.3 Å². The summed E-state index contributed by atoms with van der Waals surface area (Å²) in [6.07, 6.45) is 4.98. The molecule has 0 radical (unpaired) electrons. The van der Waals surface area contributed by atoms with Crippen LogP contribution in [0.1, 0.15) is 46.0 Å². The molecule has 1 saturated carbocycles. The summed E-state index contributed by atoms with van der Waals surface area (Å²) >= 11 is 0. The second-order valence-electron chi connectivity index (χ2n) is 11.3. The topological polar surface area (TPSA) is 96.2 Å². The lowest BCUT2D eigenvalue weighted by Gasteiger charge is -2.48. The molecule has 4 atom stereocenters. The molecule has 3 aliphatic rings. The molecule has 1 aromatic carbocycles. The maximum Gasteiger partial charge on any atom is 0.253 e. The van der Waals surface area contributed by atoms with Crippen LogP contribution in [0.25, 0.3) is 22.5 Å². The molecule has 3 fully saturated rings. The second-order valence-corrected chi connectivity index (χ2v) is 11.3. The van der Waals surface area contributed by atoms with Crippen LogP contribution in [0.4, 0.5) is 14.6 Å². The Kier molecular flexibility index (Phi) is 5.38. The number of halogens is 2. The van der Waals surface area contributed by atoms with Crippen LogP contribution in [0.3, 0.4) is 0 Å². The fourth-order valence-electron chi connectivity index (χ4n) is 6.10. The standard InChI is InChI=1S/C27H30F2N6O2/c1-26-8-9-27(2,33-26)24(29)19(13-26)35(17-5-6-17)22-14-30-25(32-31-22)18-7-4-15(10-20(18)36)16-11-21(28)34(3)23(37)12-16/h4,7,10-12,14,17,19,24,33,36H,5-6,8-9,13H2,1-3H3/t19-,24-,26-,27+/m1/s1. The number of benzene rings is 1. The van der Waals surface area contributed by atoms with Crippen molar-refractivity contribution in [3.63, 3.8) is 0 Å². The number of aromatic hydroxyl groups is 1. The number of piperidine rings is 1. The average Bonchev–Trinajstić information content (AvgIpc) is 3.66. The van der Waals surface area contributed by atoms with Gasteiger partial charge >= 0.3 is 0 Å². The summed E-state index contributed by atoms with van der Waals surface area (Å²) in [4.78, 5) is 18.5. The van der Waals surface area contributed by atoms with Gasteiger partial charge in [0.05, 0.1) is 17.8 Å². The summed E-state index contributed by atoms with van der Waals surface area (Å²) in [7, 11) is 1.35. The van der Waals surface area contributed by atoms with E-state index in [-0.39, 0.29) is 29.2 Å². The Balaban J connectivity index is 1.28.